The zero-order valence-corrected chi connectivity index (χ0v) is 15.5. The van der Waals surface area contributed by atoms with Gasteiger partial charge in [-0.2, -0.15) is 0 Å². The Bertz CT molecular complexity index is 880. The molecule has 27 heavy (non-hydrogen) atoms. The lowest BCUT2D eigenvalue weighted by molar-refractivity contribution is 0.0741. The number of carbonyl (C=O) groups excluding carboxylic acids is 1. The number of carbonyl (C=O) groups is 1. The predicted octanol–water partition coefficient (Wildman–Crippen LogP) is 3.35. The second-order valence-electron chi connectivity index (χ2n) is 6.92. The maximum Gasteiger partial charge on any atom is 0.257 e. The van der Waals surface area contributed by atoms with Crippen LogP contribution in [-0.4, -0.2) is 40.4 Å². The van der Waals surface area contributed by atoms with E-state index in [0.29, 0.717) is 24.6 Å². The summed E-state index contributed by atoms with van der Waals surface area (Å²) in [5.41, 5.74) is 1.36. The second kappa shape index (κ2) is 7.88. The van der Waals surface area contributed by atoms with Gasteiger partial charge < -0.3 is 14.6 Å². The molecular formula is C21H24N4O2. The first-order chi connectivity index (χ1) is 13.2. The number of hydrogen-bond donors (Lipinski definition) is 1. The molecule has 1 amide bonds. The summed E-state index contributed by atoms with van der Waals surface area (Å²) in [6.45, 7) is 4.97. The fourth-order valence-electron chi connectivity index (χ4n) is 3.55. The van der Waals surface area contributed by atoms with Crippen LogP contribution in [0.1, 0.15) is 47.6 Å². The van der Waals surface area contributed by atoms with E-state index in [-0.39, 0.29) is 5.91 Å². The van der Waals surface area contributed by atoms with Crippen LogP contribution in [0.15, 0.2) is 47.1 Å². The van der Waals surface area contributed by atoms with Gasteiger partial charge in [0.2, 0.25) is 0 Å². The summed E-state index contributed by atoms with van der Waals surface area (Å²) in [6.07, 6.45) is 5.41. The van der Waals surface area contributed by atoms with Gasteiger partial charge in [0.25, 0.3) is 5.91 Å². The summed E-state index contributed by atoms with van der Waals surface area (Å²) in [4.78, 5) is 23.6. The molecule has 0 radical (unpaired) electrons. The first-order valence-electron chi connectivity index (χ1n) is 9.54. The summed E-state index contributed by atoms with van der Waals surface area (Å²) in [6, 6.07) is 9.85. The van der Waals surface area contributed by atoms with Crippen LogP contribution < -0.4 is 5.32 Å². The highest BCUT2D eigenvalue weighted by atomic mass is 16.3. The smallest absolute Gasteiger partial charge is 0.257 e. The van der Waals surface area contributed by atoms with Crippen LogP contribution in [0, 0.1) is 0 Å². The molecule has 2 aromatic heterocycles. The fraction of sp³-hybridized carbons (Fsp3) is 0.381. The number of hydrogen-bond acceptors (Lipinski definition) is 5. The lowest BCUT2D eigenvalue weighted by Crippen LogP contribution is -2.31. The van der Waals surface area contributed by atoms with E-state index in [9.17, 15) is 4.79 Å². The Hall–Kier alpha value is -2.73. The van der Waals surface area contributed by atoms with E-state index in [2.05, 4.69) is 15.3 Å². The number of piperidine rings is 1. The summed E-state index contributed by atoms with van der Waals surface area (Å²) < 4.78 is 5.85. The number of nitrogens with zero attached hydrogens (tertiary/aromatic N) is 3. The lowest BCUT2D eigenvalue weighted by Gasteiger charge is -2.22. The van der Waals surface area contributed by atoms with Crippen LogP contribution in [0.4, 0.5) is 0 Å². The number of benzene rings is 1. The molecule has 6 heteroatoms. The van der Waals surface area contributed by atoms with E-state index in [1.807, 2.05) is 37.3 Å². The first kappa shape index (κ1) is 17.7. The van der Waals surface area contributed by atoms with Gasteiger partial charge in [0.1, 0.15) is 17.2 Å². The number of amides is 1. The van der Waals surface area contributed by atoms with Gasteiger partial charge in [0.05, 0.1) is 12.1 Å². The van der Waals surface area contributed by atoms with Crippen molar-refractivity contribution in [3.63, 3.8) is 0 Å². The van der Waals surface area contributed by atoms with Gasteiger partial charge in [-0.1, -0.05) is 18.2 Å². The fourth-order valence-corrected chi connectivity index (χ4v) is 3.55. The monoisotopic (exact) mass is 364 g/mol. The molecule has 140 valence electrons. The molecule has 3 aromatic rings. The minimum atomic E-state index is -0.0742. The van der Waals surface area contributed by atoms with Crippen LogP contribution in [0.3, 0.4) is 0 Å². The molecule has 0 bridgehead atoms. The number of aromatic nitrogens is 2. The molecule has 1 N–H and O–H groups in total. The Balaban J connectivity index is 1.47. The SMILES string of the molecule is CCN(Cc1cc2ccccc2o1)C(=O)c1cnc(C2CCNCC2)nc1. The number of furan rings is 1. The van der Waals surface area contributed by atoms with E-state index in [4.69, 9.17) is 4.42 Å². The second-order valence-corrected chi connectivity index (χ2v) is 6.92. The number of nitrogens with one attached hydrogen (secondary N) is 1. The largest absolute Gasteiger partial charge is 0.459 e. The molecule has 0 atom stereocenters. The van der Waals surface area contributed by atoms with Gasteiger partial charge in [-0.25, -0.2) is 9.97 Å². The molecule has 3 heterocycles. The van der Waals surface area contributed by atoms with E-state index in [1.165, 1.54) is 0 Å². The third-order valence-electron chi connectivity index (χ3n) is 5.12. The molecule has 1 saturated heterocycles. The molecule has 1 aromatic carbocycles. The van der Waals surface area contributed by atoms with Gasteiger partial charge >= 0.3 is 0 Å². The van der Waals surface area contributed by atoms with Crippen molar-refractivity contribution in [2.24, 2.45) is 0 Å². The van der Waals surface area contributed by atoms with Gasteiger partial charge in [-0.05, 0) is 45.0 Å². The number of fused-ring (bicyclic) bond motifs is 1. The molecule has 0 aliphatic carbocycles. The summed E-state index contributed by atoms with van der Waals surface area (Å²) >= 11 is 0. The molecule has 4 rings (SSSR count). The maximum atomic E-state index is 12.9. The van der Waals surface area contributed by atoms with Crippen molar-refractivity contribution in [2.75, 3.05) is 19.6 Å². The van der Waals surface area contributed by atoms with Gasteiger partial charge in [-0.15, -0.1) is 0 Å². The predicted molar refractivity (Wildman–Crippen MR) is 104 cm³/mol. The molecule has 1 aliphatic heterocycles. The average molecular weight is 364 g/mol. The Morgan fingerprint density at radius 3 is 2.67 bits per heavy atom. The average Bonchev–Trinajstić information content (AvgIpc) is 3.15. The molecule has 6 nitrogen and oxygen atoms in total. The molecule has 1 aliphatic rings. The molecule has 1 fully saturated rings. The number of rotatable bonds is 5. The first-order valence-corrected chi connectivity index (χ1v) is 9.54. The van der Waals surface area contributed by atoms with E-state index in [1.54, 1.807) is 17.3 Å². The Labute approximate surface area is 158 Å². The van der Waals surface area contributed by atoms with Crippen molar-refractivity contribution >= 4 is 16.9 Å². The van der Waals surface area contributed by atoms with Crippen molar-refractivity contribution in [2.45, 2.75) is 32.2 Å². The third kappa shape index (κ3) is 3.85. The quantitative estimate of drug-likeness (QED) is 0.752. The summed E-state index contributed by atoms with van der Waals surface area (Å²) in [5.74, 6) is 1.93. The highest BCUT2D eigenvalue weighted by molar-refractivity contribution is 5.93. The molecule has 0 saturated carbocycles. The Morgan fingerprint density at radius 2 is 1.96 bits per heavy atom. The minimum absolute atomic E-state index is 0.0742. The standard InChI is InChI=1S/C21H24N4O2/c1-2-25(14-18-11-16-5-3-4-6-19(16)27-18)21(26)17-12-23-20(24-13-17)15-7-9-22-10-8-15/h3-6,11-13,15,22H,2,7-10,14H2,1H3. The third-order valence-corrected chi connectivity index (χ3v) is 5.12. The van der Waals surface area contributed by atoms with Gasteiger partial charge in [0, 0.05) is 30.2 Å². The van der Waals surface area contributed by atoms with Crippen molar-refractivity contribution in [1.82, 2.24) is 20.2 Å². The van der Waals surface area contributed by atoms with Crippen LogP contribution >= 0.6 is 0 Å². The number of para-hydroxylation sites is 1. The van der Waals surface area contributed by atoms with Crippen LogP contribution in [-0.2, 0) is 6.54 Å². The van der Waals surface area contributed by atoms with Gasteiger partial charge in [-0.3, -0.25) is 4.79 Å². The zero-order valence-electron chi connectivity index (χ0n) is 15.5. The van der Waals surface area contributed by atoms with Crippen molar-refractivity contribution in [1.29, 1.82) is 0 Å². The molecular weight excluding hydrogens is 340 g/mol. The maximum absolute atomic E-state index is 12.9. The van der Waals surface area contributed by atoms with Crippen LogP contribution in [0.2, 0.25) is 0 Å². The lowest BCUT2D eigenvalue weighted by atomic mass is 9.97. The summed E-state index contributed by atoms with van der Waals surface area (Å²) in [5, 5.41) is 4.39. The Morgan fingerprint density at radius 1 is 1.22 bits per heavy atom. The van der Waals surface area contributed by atoms with Gasteiger partial charge in [0.15, 0.2) is 0 Å². The Kier molecular flexibility index (Phi) is 5.16. The van der Waals surface area contributed by atoms with Crippen molar-refractivity contribution in [3.8, 4) is 0 Å². The van der Waals surface area contributed by atoms with Crippen molar-refractivity contribution < 1.29 is 9.21 Å². The molecule has 0 spiro atoms. The van der Waals surface area contributed by atoms with E-state index >= 15 is 0 Å². The normalized spacial score (nSPS) is 15.1. The minimum Gasteiger partial charge on any atom is -0.459 e. The van der Waals surface area contributed by atoms with Crippen LogP contribution in [0.5, 0.6) is 0 Å². The molecule has 0 unspecified atom stereocenters. The summed E-state index contributed by atoms with van der Waals surface area (Å²) in [7, 11) is 0. The zero-order chi connectivity index (χ0) is 18.6. The highest BCUT2D eigenvalue weighted by Crippen LogP contribution is 2.23. The van der Waals surface area contributed by atoms with E-state index in [0.717, 1.165) is 48.5 Å². The topological polar surface area (TPSA) is 71.3 Å². The van der Waals surface area contributed by atoms with Crippen molar-refractivity contribution in [3.05, 3.63) is 59.9 Å². The highest BCUT2D eigenvalue weighted by Gasteiger charge is 2.20. The van der Waals surface area contributed by atoms with Crippen LogP contribution in [0.25, 0.3) is 11.0 Å². The van der Waals surface area contributed by atoms with E-state index < -0.39 is 0 Å².